The fourth-order valence-corrected chi connectivity index (χ4v) is 1.66. The predicted octanol–water partition coefficient (Wildman–Crippen LogP) is -7.57. The van der Waals surface area contributed by atoms with E-state index in [4.69, 9.17) is 9.79 Å². The van der Waals surface area contributed by atoms with Crippen LogP contribution in [-0.4, -0.2) is 15.2 Å². The summed E-state index contributed by atoms with van der Waals surface area (Å²) < 4.78 is 20.1. The number of hydrogen-bond donors (Lipinski definition) is 2. The summed E-state index contributed by atoms with van der Waals surface area (Å²) >= 11 is 0. The monoisotopic (exact) mass is 234 g/mol. The molecule has 0 heterocycles. The van der Waals surface area contributed by atoms with Crippen molar-refractivity contribution in [3.8, 4) is 0 Å². The Kier molecular flexibility index (Phi) is 11.1. The van der Waals surface area contributed by atoms with E-state index in [0.717, 1.165) is 0 Å². The molecular formula is C2H6Na2O6P2. The minimum Gasteiger partial charge on any atom is -0.810 e. The topological polar surface area (TPSA) is 121 Å². The quantitative estimate of drug-likeness (QED) is 0.361. The van der Waals surface area contributed by atoms with Crippen LogP contribution in [0.15, 0.2) is 0 Å². The van der Waals surface area contributed by atoms with Crippen molar-refractivity contribution in [3.05, 3.63) is 0 Å². The molecule has 0 aliphatic heterocycles. The van der Waals surface area contributed by atoms with Crippen molar-refractivity contribution >= 4 is 15.2 Å². The molecule has 2 N–H and O–H groups in total. The van der Waals surface area contributed by atoms with E-state index in [0.29, 0.717) is 6.92 Å². The smallest absolute Gasteiger partial charge is 0.810 e. The predicted molar refractivity (Wildman–Crippen MR) is 29.1 cm³/mol. The molecule has 1 unspecified atom stereocenters. The number of hydrogen-bond acceptors (Lipinski definition) is 4. The van der Waals surface area contributed by atoms with Crippen LogP contribution in [0.2, 0.25) is 0 Å². The summed E-state index contributed by atoms with van der Waals surface area (Å²) in [5, 5.41) is -2.12. The van der Waals surface area contributed by atoms with E-state index in [1.807, 2.05) is 0 Å². The SMILES string of the molecule is CC(P(=O)([O-])[O-])P(=O)(O)O.[Na+].[Na+]. The third-order valence-corrected chi connectivity index (χ3v) is 4.58. The molecule has 1 atom stereocenters. The van der Waals surface area contributed by atoms with Crippen molar-refractivity contribution in [1.82, 2.24) is 0 Å². The van der Waals surface area contributed by atoms with Crippen molar-refractivity contribution in [2.75, 3.05) is 0 Å². The Balaban J connectivity index is -0.000000405. The third kappa shape index (κ3) is 7.68. The second kappa shape index (κ2) is 6.72. The molecular weight excluding hydrogens is 228 g/mol. The Morgan fingerprint density at radius 3 is 1.42 bits per heavy atom. The molecule has 12 heavy (non-hydrogen) atoms. The van der Waals surface area contributed by atoms with E-state index in [1.165, 1.54) is 0 Å². The molecule has 0 aromatic carbocycles. The van der Waals surface area contributed by atoms with Crippen molar-refractivity contribution < 1.29 is 87.8 Å². The van der Waals surface area contributed by atoms with Gasteiger partial charge in [-0.05, 0) is 6.92 Å². The molecule has 0 aromatic heterocycles. The van der Waals surface area contributed by atoms with Crippen LogP contribution in [0.5, 0.6) is 0 Å². The van der Waals surface area contributed by atoms with Gasteiger partial charge in [0.05, 0.1) is 5.40 Å². The van der Waals surface area contributed by atoms with Gasteiger partial charge in [0, 0.05) is 0 Å². The molecule has 0 aliphatic rings. The molecule has 0 aliphatic carbocycles. The first-order valence-corrected chi connectivity index (χ1v) is 5.52. The van der Waals surface area contributed by atoms with Gasteiger partial charge in [-0.1, -0.05) is 7.60 Å². The van der Waals surface area contributed by atoms with Crippen LogP contribution in [0.25, 0.3) is 0 Å². The van der Waals surface area contributed by atoms with Gasteiger partial charge in [0.15, 0.2) is 0 Å². The van der Waals surface area contributed by atoms with Crippen LogP contribution in [-0.2, 0) is 9.13 Å². The van der Waals surface area contributed by atoms with Crippen LogP contribution in [0, 0.1) is 0 Å². The summed E-state index contributed by atoms with van der Waals surface area (Å²) in [6.45, 7) is 0.682. The van der Waals surface area contributed by atoms with Gasteiger partial charge >= 0.3 is 66.7 Å². The summed E-state index contributed by atoms with van der Waals surface area (Å²) in [5.41, 5.74) is 0. The first-order chi connectivity index (χ1) is 4.15. The zero-order valence-electron chi connectivity index (χ0n) is 7.00. The molecule has 0 spiro atoms. The van der Waals surface area contributed by atoms with Gasteiger partial charge in [0.2, 0.25) is 0 Å². The van der Waals surface area contributed by atoms with E-state index in [9.17, 15) is 18.9 Å². The van der Waals surface area contributed by atoms with Crippen molar-refractivity contribution in [3.63, 3.8) is 0 Å². The summed E-state index contributed by atoms with van der Waals surface area (Å²) in [7, 11) is -9.91. The third-order valence-electron chi connectivity index (χ3n) is 0.944. The van der Waals surface area contributed by atoms with E-state index >= 15 is 0 Å². The Hall–Kier alpha value is 2.30. The largest absolute Gasteiger partial charge is 1.00 e. The van der Waals surface area contributed by atoms with Gasteiger partial charge in [-0.15, -0.1) is 0 Å². The van der Waals surface area contributed by atoms with E-state index < -0.39 is 20.6 Å². The van der Waals surface area contributed by atoms with Gasteiger partial charge in [-0.3, -0.25) is 4.57 Å². The second-order valence-electron chi connectivity index (χ2n) is 1.76. The molecule has 0 saturated carbocycles. The minimum absolute atomic E-state index is 0. The Morgan fingerprint density at radius 1 is 1.17 bits per heavy atom. The van der Waals surface area contributed by atoms with Crippen LogP contribution < -0.4 is 68.9 Å². The first-order valence-electron chi connectivity index (χ1n) is 2.22. The van der Waals surface area contributed by atoms with Crippen LogP contribution in [0.4, 0.5) is 0 Å². The minimum atomic E-state index is -5.14. The normalized spacial score (nSPS) is 14.1. The van der Waals surface area contributed by atoms with E-state index in [-0.39, 0.29) is 59.1 Å². The van der Waals surface area contributed by atoms with Crippen LogP contribution in [0.1, 0.15) is 6.92 Å². The summed E-state index contributed by atoms with van der Waals surface area (Å²) in [6, 6.07) is 0. The molecule has 0 saturated heterocycles. The average Bonchev–Trinajstić information content (AvgIpc) is 1.59. The van der Waals surface area contributed by atoms with Gasteiger partial charge < -0.3 is 24.1 Å². The Bertz CT molecular complexity index is 184. The maximum atomic E-state index is 10.1. The van der Waals surface area contributed by atoms with Crippen molar-refractivity contribution in [1.29, 1.82) is 0 Å². The Morgan fingerprint density at radius 2 is 1.42 bits per heavy atom. The molecule has 0 radical (unpaired) electrons. The maximum Gasteiger partial charge on any atom is 1.00 e. The van der Waals surface area contributed by atoms with Crippen molar-refractivity contribution in [2.24, 2.45) is 0 Å². The fraction of sp³-hybridized carbons (Fsp3) is 1.00. The van der Waals surface area contributed by atoms with E-state index in [1.54, 1.807) is 0 Å². The molecule has 6 nitrogen and oxygen atoms in total. The maximum absolute atomic E-state index is 10.1. The first kappa shape index (κ1) is 19.8. The molecule has 10 heteroatoms. The Labute approximate surface area is 114 Å². The fourth-order valence-electron chi connectivity index (χ4n) is 0.184. The molecule has 0 rings (SSSR count). The second-order valence-corrected chi connectivity index (χ2v) is 5.98. The van der Waals surface area contributed by atoms with E-state index in [2.05, 4.69) is 0 Å². The molecule has 62 valence electrons. The van der Waals surface area contributed by atoms with Gasteiger partial charge in [0.25, 0.3) is 0 Å². The zero-order chi connectivity index (χ0) is 8.58. The zero-order valence-corrected chi connectivity index (χ0v) is 12.8. The summed E-state index contributed by atoms with van der Waals surface area (Å²) in [6.07, 6.45) is 0. The average molecular weight is 234 g/mol. The molecule has 0 fully saturated rings. The number of rotatable bonds is 2. The van der Waals surface area contributed by atoms with Crippen molar-refractivity contribution in [2.45, 2.75) is 12.3 Å². The van der Waals surface area contributed by atoms with Crippen LogP contribution in [0.3, 0.4) is 0 Å². The summed E-state index contributed by atoms with van der Waals surface area (Å²) in [4.78, 5) is 36.2. The molecule has 0 amide bonds. The molecule has 0 aromatic rings. The van der Waals surface area contributed by atoms with Gasteiger partial charge in [-0.2, -0.15) is 0 Å². The van der Waals surface area contributed by atoms with Gasteiger partial charge in [-0.25, -0.2) is 0 Å². The van der Waals surface area contributed by atoms with Crippen LogP contribution >= 0.6 is 15.2 Å². The summed E-state index contributed by atoms with van der Waals surface area (Å²) in [5.74, 6) is 0. The molecule has 0 bridgehead atoms. The van der Waals surface area contributed by atoms with Gasteiger partial charge in [0.1, 0.15) is 0 Å². The standard InChI is InChI=1S/C2H8O6P2.2Na/c1-2(9(3,4)5)10(6,7)8;;/h2H,1H3,(H2,3,4,5)(H2,6,7,8);;/q;2*+1/p-2.